The van der Waals surface area contributed by atoms with E-state index in [2.05, 4.69) is 26.0 Å². The summed E-state index contributed by atoms with van der Waals surface area (Å²) in [4.78, 5) is 33.4. The first-order valence-electron chi connectivity index (χ1n) is 20.2. The minimum atomic E-state index is -4.61. The van der Waals surface area contributed by atoms with Gasteiger partial charge in [0, 0.05) is 13.0 Å². The number of phosphoric ester groups is 1. The van der Waals surface area contributed by atoms with E-state index in [1.807, 2.05) is 0 Å². The van der Waals surface area contributed by atoms with Gasteiger partial charge in [-0.25, -0.2) is 4.57 Å². The standard InChI is InChI=1S/C39H76NO9P/c1-3-5-7-9-11-13-15-17-18-20-22-24-26-28-30-32-46-33-36(34-47-50(44,45)48-35-37(40)39(42)43)49-38(41)31-29-27-25-23-21-19-16-14-12-10-8-6-4-2/h14,16,36-37H,3-13,15,17-35,40H2,1-2H3,(H,42,43)(H,44,45)/b16-14-. The van der Waals surface area contributed by atoms with E-state index in [0.717, 1.165) is 51.4 Å². The molecule has 0 aliphatic rings. The van der Waals surface area contributed by atoms with Gasteiger partial charge in [-0.1, -0.05) is 154 Å². The summed E-state index contributed by atoms with van der Waals surface area (Å²) in [6, 6.07) is -1.47. The van der Waals surface area contributed by atoms with Crippen LogP contribution < -0.4 is 5.73 Å². The van der Waals surface area contributed by atoms with Crippen molar-refractivity contribution in [1.82, 2.24) is 0 Å². The minimum absolute atomic E-state index is 0.0190. The van der Waals surface area contributed by atoms with E-state index < -0.39 is 45.1 Å². The van der Waals surface area contributed by atoms with Gasteiger partial charge in [-0.3, -0.25) is 18.6 Å². The highest BCUT2D eigenvalue weighted by molar-refractivity contribution is 7.47. The molecule has 50 heavy (non-hydrogen) atoms. The number of carbonyl (C=O) groups is 2. The molecule has 3 unspecified atom stereocenters. The maximum Gasteiger partial charge on any atom is 0.472 e. The smallest absolute Gasteiger partial charge is 0.472 e. The van der Waals surface area contributed by atoms with Crippen LogP contribution in [0.1, 0.15) is 187 Å². The molecule has 0 spiro atoms. The first kappa shape index (κ1) is 48.7. The lowest BCUT2D eigenvalue weighted by atomic mass is 10.0. The number of hydrogen-bond acceptors (Lipinski definition) is 8. The lowest BCUT2D eigenvalue weighted by molar-refractivity contribution is -0.154. The van der Waals surface area contributed by atoms with Crippen molar-refractivity contribution in [2.75, 3.05) is 26.4 Å². The Kier molecular flexibility index (Phi) is 35.2. The molecule has 0 amide bonds. The number of carboxylic acid groups (broad SMARTS) is 1. The number of allylic oxidation sites excluding steroid dienone is 2. The average Bonchev–Trinajstić information content (AvgIpc) is 3.09. The van der Waals surface area contributed by atoms with Crippen LogP contribution >= 0.6 is 7.82 Å². The van der Waals surface area contributed by atoms with Crippen molar-refractivity contribution in [3.63, 3.8) is 0 Å². The summed E-state index contributed by atoms with van der Waals surface area (Å²) >= 11 is 0. The third kappa shape index (κ3) is 35.1. The predicted molar refractivity (Wildman–Crippen MR) is 203 cm³/mol. The normalized spacial score (nSPS) is 14.2. The fourth-order valence-corrected chi connectivity index (χ4v) is 6.38. The zero-order chi connectivity index (χ0) is 37.0. The summed E-state index contributed by atoms with van der Waals surface area (Å²) in [6.45, 7) is 3.87. The summed E-state index contributed by atoms with van der Waals surface area (Å²) in [7, 11) is -4.61. The number of aliphatic carboxylic acids is 1. The number of carboxylic acids is 1. The number of esters is 1. The largest absolute Gasteiger partial charge is 0.480 e. The Balaban J connectivity index is 4.26. The topological polar surface area (TPSA) is 155 Å². The van der Waals surface area contributed by atoms with Gasteiger partial charge >= 0.3 is 19.8 Å². The molecule has 0 aromatic rings. The Morgan fingerprint density at radius 2 is 1.04 bits per heavy atom. The fraction of sp³-hybridized carbons (Fsp3) is 0.897. The molecule has 0 bridgehead atoms. The zero-order valence-electron chi connectivity index (χ0n) is 32.0. The van der Waals surface area contributed by atoms with E-state index in [1.165, 1.54) is 109 Å². The summed E-state index contributed by atoms with van der Waals surface area (Å²) in [5.41, 5.74) is 5.34. The quantitative estimate of drug-likeness (QED) is 0.0240. The maximum absolute atomic E-state index is 12.6. The molecule has 0 aliphatic heterocycles. The van der Waals surface area contributed by atoms with Gasteiger partial charge in [0.05, 0.1) is 19.8 Å². The molecule has 11 heteroatoms. The number of carbonyl (C=O) groups excluding carboxylic acids is 1. The molecule has 10 nitrogen and oxygen atoms in total. The molecule has 4 N–H and O–H groups in total. The lowest BCUT2D eigenvalue weighted by Gasteiger charge is -2.20. The van der Waals surface area contributed by atoms with Gasteiger partial charge in [0.1, 0.15) is 12.1 Å². The Bertz CT molecular complexity index is 857. The van der Waals surface area contributed by atoms with Crippen LogP contribution in [0, 0.1) is 0 Å². The van der Waals surface area contributed by atoms with Crippen LogP contribution in [-0.4, -0.2) is 60.5 Å². The summed E-state index contributed by atoms with van der Waals surface area (Å²) in [6.07, 6.45) is 35.4. The molecular weight excluding hydrogens is 657 g/mol. The monoisotopic (exact) mass is 734 g/mol. The fourth-order valence-electron chi connectivity index (χ4n) is 5.60. The van der Waals surface area contributed by atoms with Crippen molar-refractivity contribution in [3.05, 3.63) is 12.2 Å². The van der Waals surface area contributed by atoms with Crippen molar-refractivity contribution in [2.24, 2.45) is 5.73 Å². The van der Waals surface area contributed by atoms with Crippen molar-refractivity contribution in [2.45, 2.75) is 199 Å². The van der Waals surface area contributed by atoms with E-state index in [1.54, 1.807) is 0 Å². The molecular formula is C39H76NO9P. The second-order valence-corrected chi connectivity index (χ2v) is 15.2. The van der Waals surface area contributed by atoms with E-state index in [-0.39, 0.29) is 13.0 Å². The van der Waals surface area contributed by atoms with Gasteiger partial charge in [0.25, 0.3) is 0 Å². The number of rotatable bonds is 39. The van der Waals surface area contributed by atoms with Crippen LogP contribution in [0.25, 0.3) is 0 Å². The number of hydrogen-bond donors (Lipinski definition) is 3. The molecule has 0 radical (unpaired) electrons. The summed E-state index contributed by atoms with van der Waals surface area (Å²) in [5, 5.41) is 8.87. The highest BCUT2D eigenvalue weighted by atomic mass is 31.2. The molecule has 0 rings (SSSR count). The second kappa shape index (κ2) is 36.1. The van der Waals surface area contributed by atoms with Crippen LogP contribution in [-0.2, 0) is 32.7 Å². The first-order chi connectivity index (χ1) is 24.2. The molecule has 0 heterocycles. The highest BCUT2D eigenvalue weighted by Gasteiger charge is 2.27. The van der Waals surface area contributed by atoms with Crippen molar-refractivity contribution >= 4 is 19.8 Å². The molecule has 0 saturated carbocycles. The Morgan fingerprint density at radius 3 is 1.54 bits per heavy atom. The minimum Gasteiger partial charge on any atom is -0.480 e. The van der Waals surface area contributed by atoms with Crippen molar-refractivity contribution in [1.29, 1.82) is 0 Å². The molecule has 0 aromatic heterocycles. The molecule has 0 aliphatic carbocycles. The third-order valence-electron chi connectivity index (χ3n) is 8.79. The molecule has 0 fully saturated rings. The third-order valence-corrected chi connectivity index (χ3v) is 9.75. The van der Waals surface area contributed by atoms with Crippen LogP contribution in [0.2, 0.25) is 0 Å². The van der Waals surface area contributed by atoms with Gasteiger partial charge in [-0.15, -0.1) is 0 Å². The van der Waals surface area contributed by atoms with Crippen molar-refractivity contribution in [3.8, 4) is 0 Å². The number of nitrogens with two attached hydrogens (primary N) is 1. The average molecular weight is 734 g/mol. The van der Waals surface area contributed by atoms with Crippen LogP contribution in [0.3, 0.4) is 0 Å². The van der Waals surface area contributed by atoms with E-state index in [4.69, 9.17) is 29.4 Å². The first-order valence-corrected chi connectivity index (χ1v) is 21.7. The molecule has 296 valence electrons. The molecule has 0 aromatic carbocycles. The molecule has 3 atom stereocenters. The highest BCUT2D eigenvalue weighted by Crippen LogP contribution is 2.43. The van der Waals surface area contributed by atoms with Gasteiger partial charge < -0.3 is 25.2 Å². The van der Waals surface area contributed by atoms with Crippen LogP contribution in [0.15, 0.2) is 12.2 Å². The summed E-state index contributed by atoms with van der Waals surface area (Å²) < 4.78 is 33.2. The Morgan fingerprint density at radius 1 is 0.620 bits per heavy atom. The van der Waals surface area contributed by atoms with Gasteiger partial charge in [0.2, 0.25) is 0 Å². The van der Waals surface area contributed by atoms with E-state index >= 15 is 0 Å². The van der Waals surface area contributed by atoms with Gasteiger partial charge in [0.15, 0.2) is 0 Å². The number of ether oxygens (including phenoxy) is 2. The Labute approximate surface area is 305 Å². The van der Waals surface area contributed by atoms with Crippen LogP contribution in [0.5, 0.6) is 0 Å². The summed E-state index contributed by atoms with van der Waals surface area (Å²) in [5.74, 6) is -1.78. The maximum atomic E-state index is 12.6. The Hall–Kier alpha value is -1.29. The van der Waals surface area contributed by atoms with E-state index in [9.17, 15) is 19.0 Å². The van der Waals surface area contributed by atoms with Gasteiger partial charge in [-0.05, 0) is 38.5 Å². The van der Waals surface area contributed by atoms with Gasteiger partial charge in [-0.2, -0.15) is 0 Å². The number of phosphoric acid groups is 1. The van der Waals surface area contributed by atoms with Crippen LogP contribution in [0.4, 0.5) is 0 Å². The molecule has 0 saturated heterocycles. The zero-order valence-corrected chi connectivity index (χ0v) is 32.9. The van der Waals surface area contributed by atoms with Crippen molar-refractivity contribution < 1.29 is 42.7 Å². The number of unbranched alkanes of at least 4 members (excludes halogenated alkanes) is 23. The lowest BCUT2D eigenvalue weighted by Crippen LogP contribution is -2.34. The second-order valence-electron chi connectivity index (χ2n) is 13.8. The predicted octanol–water partition coefficient (Wildman–Crippen LogP) is 10.6. The van der Waals surface area contributed by atoms with E-state index in [0.29, 0.717) is 13.0 Å². The SMILES string of the molecule is CCCCCC/C=C\CCCCCCCC(=O)OC(COCCCCCCCCCCCCCCCCC)COP(=O)(O)OCC(N)C(=O)O.